The summed E-state index contributed by atoms with van der Waals surface area (Å²) in [7, 11) is 0. The third-order valence-corrected chi connectivity index (χ3v) is 4.51. The molecular weight excluding hydrogens is 296 g/mol. The molecule has 6 nitrogen and oxygen atoms in total. The minimum atomic E-state index is -1.05. The molecule has 2 atom stereocenters. The van der Waals surface area contributed by atoms with Crippen LogP contribution in [-0.4, -0.2) is 29.9 Å². The topological polar surface area (TPSA) is 75.7 Å². The molecule has 122 valence electrons. The molecule has 6 heteroatoms. The fraction of sp³-hybridized carbons (Fsp3) is 0.471. The van der Waals surface area contributed by atoms with Gasteiger partial charge in [0.25, 0.3) is 5.91 Å². The molecule has 3 rings (SSSR count). The zero-order valence-electron chi connectivity index (χ0n) is 13.5. The number of para-hydroxylation sites is 2. The van der Waals surface area contributed by atoms with Crippen LogP contribution >= 0.6 is 0 Å². The molecule has 1 aromatic carbocycles. The first-order valence-corrected chi connectivity index (χ1v) is 7.72. The van der Waals surface area contributed by atoms with Crippen molar-refractivity contribution in [3.63, 3.8) is 0 Å². The number of nitrogens with one attached hydrogen (secondary N) is 1. The highest BCUT2D eigenvalue weighted by molar-refractivity contribution is 6.14. The SMILES string of the molecule is C[C@@H]1C[C@H]1C(=O)OCC(=O)N1c2ccccc2NC(=O)C1(C)C. The number of benzene rings is 1. The van der Waals surface area contributed by atoms with Crippen LogP contribution in [0.3, 0.4) is 0 Å². The first kappa shape index (κ1) is 15.5. The van der Waals surface area contributed by atoms with Crippen molar-refractivity contribution in [2.24, 2.45) is 11.8 Å². The Balaban J connectivity index is 1.80. The Morgan fingerprint density at radius 3 is 2.65 bits per heavy atom. The van der Waals surface area contributed by atoms with Crippen LogP contribution < -0.4 is 10.2 Å². The van der Waals surface area contributed by atoms with E-state index in [1.807, 2.05) is 6.92 Å². The average molecular weight is 316 g/mol. The van der Waals surface area contributed by atoms with Crippen LogP contribution in [0.4, 0.5) is 11.4 Å². The van der Waals surface area contributed by atoms with Crippen molar-refractivity contribution in [3.8, 4) is 0 Å². The van der Waals surface area contributed by atoms with Gasteiger partial charge in [0.2, 0.25) is 5.91 Å². The van der Waals surface area contributed by atoms with Gasteiger partial charge < -0.3 is 10.1 Å². The molecule has 0 aromatic heterocycles. The minimum absolute atomic E-state index is 0.0900. The van der Waals surface area contributed by atoms with E-state index in [-0.39, 0.29) is 24.4 Å². The molecule has 1 fully saturated rings. The molecule has 1 aromatic rings. The number of esters is 1. The molecule has 1 saturated carbocycles. The van der Waals surface area contributed by atoms with E-state index in [1.165, 1.54) is 4.90 Å². The summed E-state index contributed by atoms with van der Waals surface area (Å²) in [6.45, 7) is 4.96. The standard InChI is InChI=1S/C17H20N2O4/c1-10-8-11(10)15(21)23-9-14(20)19-13-7-5-4-6-12(13)18-16(22)17(19,2)3/h4-7,10-11H,8-9H2,1-3H3,(H,18,22)/t10-,11-/m1/s1. The normalized spacial score (nSPS) is 24.5. The predicted octanol–water partition coefficient (Wildman–Crippen LogP) is 1.95. The Labute approximate surface area is 134 Å². The molecule has 0 bridgehead atoms. The molecule has 1 heterocycles. The zero-order chi connectivity index (χ0) is 16.8. The van der Waals surface area contributed by atoms with Gasteiger partial charge in [0.15, 0.2) is 6.61 Å². The number of ether oxygens (including phenoxy) is 1. The molecule has 1 aliphatic carbocycles. The van der Waals surface area contributed by atoms with Gasteiger partial charge in [0.1, 0.15) is 5.54 Å². The molecular formula is C17H20N2O4. The maximum absolute atomic E-state index is 12.6. The zero-order valence-corrected chi connectivity index (χ0v) is 13.5. The third-order valence-electron chi connectivity index (χ3n) is 4.51. The molecule has 0 spiro atoms. The highest BCUT2D eigenvalue weighted by atomic mass is 16.5. The van der Waals surface area contributed by atoms with Crippen molar-refractivity contribution in [1.29, 1.82) is 0 Å². The van der Waals surface area contributed by atoms with Gasteiger partial charge in [-0.25, -0.2) is 0 Å². The van der Waals surface area contributed by atoms with E-state index in [9.17, 15) is 14.4 Å². The molecule has 0 radical (unpaired) electrons. The summed E-state index contributed by atoms with van der Waals surface area (Å²) in [5.74, 6) is -0.771. The lowest BCUT2D eigenvalue weighted by Crippen LogP contribution is -2.59. The van der Waals surface area contributed by atoms with Gasteiger partial charge in [-0.2, -0.15) is 0 Å². The lowest BCUT2D eigenvalue weighted by atomic mass is 9.96. The fourth-order valence-electron chi connectivity index (χ4n) is 2.85. The highest BCUT2D eigenvalue weighted by Gasteiger charge is 2.45. The molecule has 1 aliphatic heterocycles. The second-order valence-electron chi connectivity index (χ2n) is 6.69. The van der Waals surface area contributed by atoms with E-state index >= 15 is 0 Å². The summed E-state index contributed by atoms with van der Waals surface area (Å²) in [6, 6.07) is 7.08. The maximum Gasteiger partial charge on any atom is 0.309 e. The summed E-state index contributed by atoms with van der Waals surface area (Å²) in [4.78, 5) is 38.1. The molecule has 23 heavy (non-hydrogen) atoms. The van der Waals surface area contributed by atoms with Gasteiger partial charge in [-0.1, -0.05) is 19.1 Å². The Hall–Kier alpha value is -2.37. The summed E-state index contributed by atoms with van der Waals surface area (Å²) in [6.07, 6.45) is 0.813. The van der Waals surface area contributed by atoms with Crippen LogP contribution in [-0.2, 0) is 19.1 Å². The summed E-state index contributed by atoms with van der Waals surface area (Å²) in [5.41, 5.74) is 0.135. The average Bonchev–Trinajstić information content (AvgIpc) is 3.22. The molecule has 1 N–H and O–H groups in total. The minimum Gasteiger partial charge on any atom is -0.455 e. The maximum atomic E-state index is 12.6. The molecule has 0 unspecified atom stereocenters. The number of fused-ring (bicyclic) bond motifs is 1. The van der Waals surface area contributed by atoms with Crippen molar-refractivity contribution in [2.75, 3.05) is 16.8 Å². The fourth-order valence-corrected chi connectivity index (χ4v) is 2.85. The predicted molar refractivity (Wildman–Crippen MR) is 84.9 cm³/mol. The van der Waals surface area contributed by atoms with E-state index in [2.05, 4.69) is 5.32 Å². The van der Waals surface area contributed by atoms with E-state index in [0.29, 0.717) is 17.3 Å². The summed E-state index contributed by atoms with van der Waals surface area (Å²) in [5, 5.41) is 2.79. The van der Waals surface area contributed by atoms with Gasteiger partial charge in [0, 0.05) is 0 Å². The van der Waals surface area contributed by atoms with Crippen LogP contribution in [0.25, 0.3) is 0 Å². The van der Waals surface area contributed by atoms with Gasteiger partial charge >= 0.3 is 5.97 Å². The van der Waals surface area contributed by atoms with Crippen molar-refractivity contribution >= 4 is 29.2 Å². The number of carbonyl (C=O) groups is 3. The first-order valence-electron chi connectivity index (χ1n) is 7.72. The summed E-state index contributed by atoms with van der Waals surface area (Å²) < 4.78 is 5.13. The first-order chi connectivity index (χ1) is 10.8. The Kier molecular flexibility index (Phi) is 3.62. The van der Waals surface area contributed by atoms with Gasteiger partial charge in [-0.15, -0.1) is 0 Å². The molecule has 2 aliphatic rings. The van der Waals surface area contributed by atoms with Gasteiger partial charge in [0.05, 0.1) is 17.3 Å². The second kappa shape index (κ2) is 5.37. The van der Waals surface area contributed by atoms with E-state index in [4.69, 9.17) is 4.74 Å². The number of nitrogens with zero attached hydrogens (tertiary/aromatic N) is 1. The lowest BCUT2D eigenvalue weighted by molar-refractivity contribution is -0.149. The van der Waals surface area contributed by atoms with Crippen LogP contribution in [0.1, 0.15) is 27.2 Å². The molecule has 0 saturated heterocycles. The number of amides is 2. The van der Waals surface area contributed by atoms with E-state index < -0.39 is 11.4 Å². The number of hydrogen-bond donors (Lipinski definition) is 1. The van der Waals surface area contributed by atoms with Crippen molar-refractivity contribution in [3.05, 3.63) is 24.3 Å². The summed E-state index contributed by atoms with van der Waals surface area (Å²) >= 11 is 0. The number of hydrogen-bond acceptors (Lipinski definition) is 4. The van der Waals surface area contributed by atoms with E-state index in [1.54, 1.807) is 38.1 Å². The van der Waals surface area contributed by atoms with Crippen molar-refractivity contribution in [1.82, 2.24) is 0 Å². The van der Waals surface area contributed by atoms with Gasteiger partial charge in [-0.3, -0.25) is 19.3 Å². The van der Waals surface area contributed by atoms with Crippen LogP contribution in [0.2, 0.25) is 0 Å². The van der Waals surface area contributed by atoms with Crippen LogP contribution in [0, 0.1) is 11.8 Å². The number of anilines is 2. The van der Waals surface area contributed by atoms with Crippen molar-refractivity contribution in [2.45, 2.75) is 32.7 Å². The quantitative estimate of drug-likeness (QED) is 0.865. The largest absolute Gasteiger partial charge is 0.455 e. The number of carbonyl (C=O) groups excluding carboxylic acids is 3. The highest BCUT2D eigenvalue weighted by Crippen LogP contribution is 2.39. The third kappa shape index (κ3) is 2.69. The Morgan fingerprint density at radius 2 is 2.00 bits per heavy atom. The Morgan fingerprint density at radius 1 is 1.35 bits per heavy atom. The van der Waals surface area contributed by atoms with Gasteiger partial charge in [-0.05, 0) is 38.3 Å². The van der Waals surface area contributed by atoms with Crippen LogP contribution in [0.5, 0.6) is 0 Å². The smallest absolute Gasteiger partial charge is 0.309 e. The Bertz CT molecular complexity index is 683. The van der Waals surface area contributed by atoms with Crippen LogP contribution in [0.15, 0.2) is 24.3 Å². The van der Waals surface area contributed by atoms with Crippen molar-refractivity contribution < 1.29 is 19.1 Å². The number of rotatable bonds is 3. The second-order valence-corrected chi connectivity index (χ2v) is 6.69. The lowest BCUT2D eigenvalue weighted by Gasteiger charge is -2.41. The molecule has 2 amide bonds. The monoisotopic (exact) mass is 316 g/mol. The van der Waals surface area contributed by atoms with E-state index in [0.717, 1.165) is 6.42 Å².